The number of nitrogens with zero attached hydrogens (tertiary/aromatic N) is 2. The molecule has 0 N–H and O–H groups in total. The molecule has 0 fully saturated rings. The predicted molar refractivity (Wildman–Crippen MR) is 110 cm³/mol. The van der Waals surface area contributed by atoms with E-state index in [0.717, 1.165) is 22.6 Å². The molecule has 4 aromatic rings. The molecule has 0 aliphatic heterocycles. The number of benzene rings is 2. The summed E-state index contributed by atoms with van der Waals surface area (Å²) in [5, 5.41) is 12.2. The average molecular weight is 368 g/mol. The van der Waals surface area contributed by atoms with Crippen molar-refractivity contribution in [3.63, 3.8) is 0 Å². The molecule has 2 aromatic heterocycles. The number of hydrogen-bond acceptors (Lipinski definition) is 4. The van der Waals surface area contributed by atoms with Gasteiger partial charge in [0, 0.05) is 22.6 Å². The highest BCUT2D eigenvalue weighted by atomic mass is 32.1. The topological polar surface area (TPSA) is 49.8 Å². The number of furan rings is 1. The Morgan fingerprint density at radius 1 is 1.00 bits per heavy atom. The van der Waals surface area contributed by atoms with Gasteiger partial charge < -0.3 is 4.42 Å². The maximum atomic E-state index is 9.59. The number of aryl methyl sites for hydroxylation is 1. The van der Waals surface area contributed by atoms with Crippen LogP contribution in [0.5, 0.6) is 0 Å². The number of aromatic nitrogens is 1. The van der Waals surface area contributed by atoms with Gasteiger partial charge in [0.05, 0.1) is 11.3 Å². The Balaban J connectivity index is 1.62. The Morgan fingerprint density at radius 3 is 2.52 bits per heavy atom. The molecule has 27 heavy (non-hydrogen) atoms. The van der Waals surface area contributed by atoms with Crippen LogP contribution in [0.25, 0.3) is 34.2 Å². The summed E-state index contributed by atoms with van der Waals surface area (Å²) in [5.74, 6) is 1.41. The van der Waals surface area contributed by atoms with E-state index >= 15 is 0 Å². The highest BCUT2D eigenvalue weighted by molar-refractivity contribution is 7.11. The van der Waals surface area contributed by atoms with E-state index in [9.17, 15) is 5.26 Å². The monoisotopic (exact) mass is 368 g/mol. The van der Waals surface area contributed by atoms with Gasteiger partial charge in [0.2, 0.25) is 0 Å². The molecule has 0 atom stereocenters. The van der Waals surface area contributed by atoms with E-state index < -0.39 is 0 Å². The summed E-state index contributed by atoms with van der Waals surface area (Å²) in [5.41, 5.74) is 4.63. The second kappa shape index (κ2) is 7.45. The lowest BCUT2D eigenvalue weighted by Crippen LogP contribution is -1.82. The standard InChI is InChI=1S/C23H16N2OS/c1-16-7-9-17(10-8-16)21-15-27-23(25-21)19(14-24)13-20-11-12-22(26-20)18-5-3-2-4-6-18/h2-13,15H,1H3. The van der Waals surface area contributed by atoms with Crippen molar-refractivity contribution in [2.75, 3.05) is 0 Å². The Bertz CT molecular complexity index is 1130. The molecule has 3 nitrogen and oxygen atoms in total. The summed E-state index contributed by atoms with van der Waals surface area (Å²) in [6, 6.07) is 24.1. The van der Waals surface area contributed by atoms with Crippen LogP contribution in [0.2, 0.25) is 0 Å². The lowest BCUT2D eigenvalue weighted by molar-refractivity contribution is 0.572. The van der Waals surface area contributed by atoms with Crippen molar-refractivity contribution < 1.29 is 4.42 Å². The van der Waals surface area contributed by atoms with E-state index in [2.05, 4.69) is 30.1 Å². The zero-order valence-electron chi connectivity index (χ0n) is 14.7. The van der Waals surface area contributed by atoms with Gasteiger partial charge in [0.1, 0.15) is 22.6 Å². The molecular formula is C23H16N2OS. The maximum absolute atomic E-state index is 9.59. The number of rotatable bonds is 4. The fourth-order valence-corrected chi connectivity index (χ4v) is 3.52. The number of nitriles is 1. The first-order chi connectivity index (χ1) is 13.2. The normalized spacial score (nSPS) is 11.3. The van der Waals surface area contributed by atoms with E-state index in [1.54, 1.807) is 6.08 Å². The van der Waals surface area contributed by atoms with E-state index in [4.69, 9.17) is 4.42 Å². The lowest BCUT2D eigenvalue weighted by atomic mass is 10.1. The molecule has 0 unspecified atom stereocenters. The number of thiazole rings is 1. The van der Waals surface area contributed by atoms with Crippen LogP contribution < -0.4 is 0 Å². The first-order valence-corrected chi connectivity index (χ1v) is 9.41. The number of allylic oxidation sites excluding steroid dienone is 1. The van der Waals surface area contributed by atoms with Crippen molar-refractivity contribution in [3.8, 4) is 28.7 Å². The highest BCUT2D eigenvalue weighted by Crippen LogP contribution is 2.29. The Labute approximate surface area is 161 Å². The second-order valence-electron chi connectivity index (χ2n) is 6.14. The lowest BCUT2D eigenvalue weighted by Gasteiger charge is -1.97. The van der Waals surface area contributed by atoms with Gasteiger partial charge in [-0.05, 0) is 19.1 Å². The smallest absolute Gasteiger partial charge is 0.134 e. The molecule has 0 saturated heterocycles. The van der Waals surface area contributed by atoms with Gasteiger partial charge in [-0.1, -0.05) is 60.2 Å². The molecule has 4 heteroatoms. The first-order valence-electron chi connectivity index (χ1n) is 8.53. The van der Waals surface area contributed by atoms with Gasteiger partial charge in [0.15, 0.2) is 0 Å². The Hall–Kier alpha value is -3.42. The zero-order valence-corrected chi connectivity index (χ0v) is 15.5. The summed E-state index contributed by atoms with van der Waals surface area (Å²) >= 11 is 1.46. The molecule has 0 bridgehead atoms. The third-order valence-electron chi connectivity index (χ3n) is 4.17. The molecule has 2 heterocycles. The van der Waals surface area contributed by atoms with Crippen LogP contribution in [0.3, 0.4) is 0 Å². The fourth-order valence-electron chi connectivity index (χ4n) is 2.73. The van der Waals surface area contributed by atoms with Crippen molar-refractivity contribution in [3.05, 3.63) is 88.4 Å². The Kier molecular flexibility index (Phi) is 4.69. The minimum Gasteiger partial charge on any atom is -0.457 e. The van der Waals surface area contributed by atoms with Crippen LogP contribution in [0.1, 0.15) is 16.3 Å². The zero-order chi connectivity index (χ0) is 18.6. The molecule has 0 spiro atoms. The van der Waals surface area contributed by atoms with Crippen molar-refractivity contribution in [1.29, 1.82) is 5.26 Å². The van der Waals surface area contributed by atoms with E-state index in [1.807, 2.05) is 60.0 Å². The van der Waals surface area contributed by atoms with E-state index in [-0.39, 0.29) is 0 Å². The summed E-state index contributed by atoms with van der Waals surface area (Å²) < 4.78 is 5.88. The van der Waals surface area contributed by atoms with E-state index in [1.165, 1.54) is 16.9 Å². The van der Waals surface area contributed by atoms with Gasteiger partial charge in [-0.3, -0.25) is 0 Å². The number of hydrogen-bond donors (Lipinski definition) is 0. The van der Waals surface area contributed by atoms with Crippen molar-refractivity contribution in [2.24, 2.45) is 0 Å². The molecule has 0 saturated carbocycles. The van der Waals surface area contributed by atoms with Crippen molar-refractivity contribution in [1.82, 2.24) is 4.98 Å². The first kappa shape index (κ1) is 17.0. The van der Waals surface area contributed by atoms with Crippen molar-refractivity contribution in [2.45, 2.75) is 6.92 Å². The van der Waals surface area contributed by atoms with Gasteiger partial charge in [0.25, 0.3) is 0 Å². The van der Waals surface area contributed by atoms with Crippen LogP contribution in [0.15, 0.2) is 76.5 Å². The van der Waals surface area contributed by atoms with Crippen LogP contribution >= 0.6 is 11.3 Å². The Morgan fingerprint density at radius 2 is 1.78 bits per heavy atom. The molecule has 0 aliphatic rings. The summed E-state index contributed by atoms with van der Waals surface area (Å²) in [7, 11) is 0. The minimum atomic E-state index is 0.493. The van der Waals surface area contributed by atoms with Gasteiger partial charge >= 0.3 is 0 Å². The minimum absolute atomic E-state index is 0.493. The average Bonchev–Trinajstić information content (AvgIpc) is 3.37. The molecular weight excluding hydrogens is 352 g/mol. The third kappa shape index (κ3) is 3.74. The molecule has 0 amide bonds. The summed E-state index contributed by atoms with van der Waals surface area (Å²) in [4.78, 5) is 4.63. The highest BCUT2D eigenvalue weighted by Gasteiger charge is 2.11. The van der Waals surface area contributed by atoms with Crippen molar-refractivity contribution >= 4 is 23.0 Å². The van der Waals surface area contributed by atoms with E-state index in [0.29, 0.717) is 16.3 Å². The molecule has 0 aliphatic carbocycles. The summed E-state index contributed by atoms with van der Waals surface area (Å²) in [6.45, 7) is 2.06. The quantitative estimate of drug-likeness (QED) is 0.389. The van der Waals surface area contributed by atoms with Gasteiger partial charge in [-0.15, -0.1) is 11.3 Å². The van der Waals surface area contributed by atoms with Crippen LogP contribution in [-0.4, -0.2) is 4.98 Å². The molecule has 130 valence electrons. The molecule has 4 rings (SSSR count). The van der Waals surface area contributed by atoms with Crippen LogP contribution in [0, 0.1) is 18.3 Å². The predicted octanol–water partition coefficient (Wildman–Crippen LogP) is 6.44. The molecule has 2 aromatic carbocycles. The van der Waals surface area contributed by atoms with Gasteiger partial charge in [-0.25, -0.2) is 4.98 Å². The fraction of sp³-hybridized carbons (Fsp3) is 0.0435. The maximum Gasteiger partial charge on any atom is 0.134 e. The largest absolute Gasteiger partial charge is 0.457 e. The van der Waals surface area contributed by atoms with Gasteiger partial charge in [-0.2, -0.15) is 5.26 Å². The second-order valence-corrected chi connectivity index (χ2v) is 7.00. The molecule has 0 radical (unpaired) electrons. The summed E-state index contributed by atoms with van der Waals surface area (Å²) in [6.07, 6.45) is 1.74. The van der Waals surface area contributed by atoms with Crippen LogP contribution in [0.4, 0.5) is 0 Å². The SMILES string of the molecule is Cc1ccc(-c2csc(C(C#N)=Cc3ccc(-c4ccccc4)o3)n2)cc1. The third-order valence-corrected chi connectivity index (χ3v) is 5.05. The van der Waals surface area contributed by atoms with Crippen LogP contribution in [-0.2, 0) is 0 Å².